The molecular weight excluding hydrogens is 376 g/mol. The number of carboxylic acids is 1. The summed E-state index contributed by atoms with van der Waals surface area (Å²) in [4.78, 5) is 57.9. The summed E-state index contributed by atoms with van der Waals surface area (Å²) >= 11 is 1.53. The Hall–Kier alpha value is -2.30. The average Bonchev–Trinajstić information content (AvgIpc) is 2.60. The highest BCUT2D eigenvalue weighted by Gasteiger charge is 2.25. The third-order valence-corrected chi connectivity index (χ3v) is 4.02. The van der Waals surface area contributed by atoms with Crippen molar-refractivity contribution in [2.24, 2.45) is 5.92 Å². The first kappa shape index (κ1) is 24.7. The van der Waals surface area contributed by atoms with Crippen LogP contribution in [0.2, 0.25) is 0 Å². The first-order chi connectivity index (χ1) is 12.6. The number of carboxylic acid groups (broad SMARTS) is 1. The molecule has 4 amide bonds. The van der Waals surface area contributed by atoms with Crippen molar-refractivity contribution in [2.45, 2.75) is 39.3 Å². The van der Waals surface area contributed by atoms with Gasteiger partial charge >= 0.3 is 5.97 Å². The highest BCUT2D eigenvalue weighted by atomic mass is 32.2. The lowest BCUT2D eigenvalue weighted by molar-refractivity contribution is -0.138. The molecule has 0 bridgehead atoms. The number of carbonyl (C=O) groups excluding carboxylic acids is 4. The van der Waals surface area contributed by atoms with Crippen LogP contribution in [0.25, 0.3) is 0 Å². The van der Waals surface area contributed by atoms with Gasteiger partial charge in [-0.1, -0.05) is 13.8 Å². The van der Waals surface area contributed by atoms with Crippen LogP contribution in [-0.4, -0.2) is 71.9 Å². The third-order valence-electron chi connectivity index (χ3n) is 3.38. The highest BCUT2D eigenvalue weighted by molar-refractivity contribution is 7.98. The second-order valence-electron chi connectivity index (χ2n) is 6.12. The predicted molar refractivity (Wildman–Crippen MR) is 101 cm³/mol. The Kier molecular flexibility index (Phi) is 11.9. The lowest BCUT2D eigenvalue weighted by Gasteiger charge is -2.21. The van der Waals surface area contributed by atoms with E-state index in [0.29, 0.717) is 12.2 Å². The Morgan fingerprint density at radius 2 is 1.52 bits per heavy atom. The number of hydrogen-bond acceptors (Lipinski definition) is 6. The number of rotatable bonds is 12. The summed E-state index contributed by atoms with van der Waals surface area (Å²) < 4.78 is 0. The molecule has 0 unspecified atom stereocenters. The second kappa shape index (κ2) is 13.0. The summed E-state index contributed by atoms with van der Waals surface area (Å²) in [6.07, 6.45) is 2.29. The van der Waals surface area contributed by atoms with Gasteiger partial charge in [0.25, 0.3) is 0 Å². The van der Waals surface area contributed by atoms with E-state index >= 15 is 0 Å². The van der Waals surface area contributed by atoms with Crippen LogP contribution in [0, 0.1) is 5.92 Å². The van der Waals surface area contributed by atoms with Gasteiger partial charge in [0.15, 0.2) is 0 Å². The number of hydrogen-bond donors (Lipinski definition) is 5. The fourth-order valence-electron chi connectivity index (χ4n) is 1.78. The standard InChI is InChI=1S/C16H28N4O6S/c1-9(2)14(24)20-11(5-6-27-4)16(26)19-10(3)15(25)18-7-12(21)17-8-13(22)23/h9-11H,5-8H2,1-4H3,(H,17,21)(H,18,25)(H,19,26)(H,20,24)(H,22,23)/t10-,11-/m0/s1. The molecular formula is C16H28N4O6S. The molecule has 5 N–H and O–H groups in total. The van der Waals surface area contributed by atoms with Crippen LogP contribution in [0.3, 0.4) is 0 Å². The Morgan fingerprint density at radius 1 is 0.889 bits per heavy atom. The van der Waals surface area contributed by atoms with E-state index in [0.717, 1.165) is 0 Å². The molecule has 0 aliphatic heterocycles. The van der Waals surface area contributed by atoms with Crippen molar-refractivity contribution < 1.29 is 29.1 Å². The Labute approximate surface area is 162 Å². The molecule has 0 radical (unpaired) electrons. The molecule has 0 aliphatic carbocycles. The fourth-order valence-corrected chi connectivity index (χ4v) is 2.25. The summed E-state index contributed by atoms with van der Waals surface area (Å²) in [6, 6.07) is -1.70. The highest BCUT2D eigenvalue weighted by Crippen LogP contribution is 2.03. The molecule has 0 aromatic rings. The van der Waals surface area contributed by atoms with Crippen LogP contribution < -0.4 is 21.3 Å². The zero-order valence-corrected chi connectivity index (χ0v) is 16.8. The van der Waals surface area contributed by atoms with Crippen molar-refractivity contribution in [2.75, 3.05) is 25.1 Å². The maximum atomic E-state index is 12.4. The molecule has 2 atom stereocenters. The van der Waals surface area contributed by atoms with E-state index in [1.165, 1.54) is 18.7 Å². The maximum absolute atomic E-state index is 12.4. The Morgan fingerprint density at radius 3 is 2.04 bits per heavy atom. The minimum Gasteiger partial charge on any atom is -0.480 e. The van der Waals surface area contributed by atoms with Crippen molar-refractivity contribution in [3.05, 3.63) is 0 Å². The molecule has 0 rings (SSSR count). The van der Waals surface area contributed by atoms with Crippen LogP contribution in [0.1, 0.15) is 27.2 Å². The molecule has 0 saturated heterocycles. The largest absolute Gasteiger partial charge is 0.480 e. The number of amides is 4. The van der Waals surface area contributed by atoms with Gasteiger partial charge in [-0.05, 0) is 25.4 Å². The number of aliphatic carboxylic acids is 1. The molecule has 0 heterocycles. The normalized spacial score (nSPS) is 12.6. The Balaban J connectivity index is 4.58. The van der Waals surface area contributed by atoms with E-state index < -0.39 is 48.9 Å². The van der Waals surface area contributed by atoms with Crippen molar-refractivity contribution in [3.8, 4) is 0 Å². The minimum atomic E-state index is -1.20. The van der Waals surface area contributed by atoms with Crippen molar-refractivity contribution in [1.82, 2.24) is 21.3 Å². The molecule has 0 saturated carbocycles. The number of nitrogens with one attached hydrogen (secondary N) is 4. The van der Waals surface area contributed by atoms with Crippen LogP contribution in [0.15, 0.2) is 0 Å². The maximum Gasteiger partial charge on any atom is 0.322 e. The second-order valence-corrected chi connectivity index (χ2v) is 7.10. The molecule has 154 valence electrons. The van der Waals surface area contributed by atoms with Gasteiger partial charge in [-0.25, -0.2) is 0 Å². The van der Waals surface area contributed by atoms with Gasteiger partial charge in [0, 0.05) is 5.92 Å². The summed E-state index contributed by atoms with van der Waals surface area (Å²) in [7, 11) is 0. The summed E-state index contributed by atoms with van der Waals surface area (Å²) in [5, 5.41) is 18.0. The van der Waals surface area contributed by atoms with Gasteiger partial charge in [0.05, 0.1) is 6.54 Å². The Bertz CT molecular complexity index is 555. The van der Waals surface area contributed by atoms with Gasteiger partial charge in [-0.2, -0.15) is 11.8 Å². The zero-order valence-electron chi connectivity index (χ0n) is 16.0. The van der Waals surface area contributed by atoms with Crippen molar-refractivity contribution in [1.29, 1.82) is 0 Å². The summed E-state index contributed by atoms with van der Waals surface area (Å²) in [5.74, 6) is -2.84. The molecule has 0 aromatic heterocycles. The van der Waals surface area contributed by atoms with Crippen molar-refractivity contribution >= 4 is 41.4 Å². The summed E-state index contributed by atoms with van der Waals surface area (Å²) in [5.41, 5.74) is 0. The van der Waals surface area contributed by atoms with Crippen molar-refractivity contribution in [3.63, 3.8) is 0 Å². The van der Waals surface area contributed by atoms with Gasteiger partial charge < -0.3 is 26.4 Å². The van der Waals surface area contributed by atoms with E-state index in [1.54, 1.807) is 13.8 Å². The van der Waals surface area contributed by atoms with Crippen LogP contribution in [0.4, 0.5) is 0 Å². The summed E-state index contributed by atoms with van der Waals surface area (Å²) in [6.45, 7) is 3.91. The SMILES string of the molecule is CSCC[C@H](NC(=O)C(C)C)C(=O)N[C@@H](C)C(=O)NCC(=O)NCC(=O)O. The van der Waals surface area contributed by atoms with E-state index in [2.05, 4.69) is 21.3 Å². The van der Waals surface area contributed by atoms with Gasteiger partial charge in [0.1, 0.15) is 18.6 Å². The van der Waals surface area contributed by atoms with E-state index in [-0.39, 0.29) is 11.8 Å². The van der Waals surface area contributed by atoms with Gasteiger partial charge in [-0.15, -0.1) is 0 Å². The first-order valence-electron chi connectivity index (χ1n) is 8.44. The molecule has 27 heavy (non-hydrogen) atoms. The van der Waals surface area contributed by atoms with Crippen LogP contribution in [0.5, 0.6) is 0 Å². The minimum absolute atomic E-state index is 0.261. The van der Waals surface area contributed by atoms with E-state index in [1.807, 2.05) is 6.26 Å². The molecule has 11 heteroatoms. The fraction of sp³-hybridized carbons (Fsp3) is 0.688. The molecule has 10 nitrogen and oxygen atoms in total. The number of thioether (sulfide) groups is 1. The third kappa shape index (κ3) is 11.1. The van der Waals surface area contributed by atoms with E-state index in [4.69, 9.17) is 5.11 Å². The van der Waals surface area contributed by atoms with Crippen LogP contribution in [-0.2, 0) is 24.0 Å². The monoisotopic (exact) mass is 404 g/mol. The first-order valence-corrected chi connectivity index (χ1v) is 9.83. The van der Waals surface area contributed by atoms with Gasteiger partial charge in [-0.3, -0.25) is 24.0 Å². The van der Waals surface area contributed by atoms with Gasteiger partial charge in [0.2, 0.25) is 23.6 Å². The topological polar surface area (TPSA) is 154 Å². The lowest BCUT2D eigenvalue weighted by Crippen LogP contribution is -2.54. The molecule has 0 aromatic carbocycles. The van der Waals surface area contributed by atoms with Crippen LogP contribution >= 0.6 is 11.8 Å². The predicted octanol–water partition coefficient (Wildman–Crippen LogP) is -1.30. The average molecular weight is 404 g/mol. The molecule has 0 fully saturated rings. The quantitative estimate of drug-likeness (QED) is 0.271. The van der Waals surface area contributed by atoms with E-state index in [9.17, 15) is 24.0 Å². The smallest absolute Gasteiger partial charge is 0.322 e. The molecule has 0 aliphatic rings. The molecule has 0 spiro atoms. The zero-order chi connectivity index (χ0) is 21.0. The number of carbonyl (C=O) groups is 5. The lowest BCUT2D eigenvalue weighted by atomic mass is 10.1.